The average molecular weight is 294 g/mol. The van der Waals surface area contributed by atoms with Crippen LogP contribution < -0.4 is 4.74 Å². The van der Waals surface area contributed by atoms with Crippen LogP contribution in [0.2, 0.25) is 0 Å². The van der Waals surface area contributed by atoms with Crippen LogP contribution in [0.15, 0.2) is 12.4 Å². The molecule has 0 atom stereocenters. The molecule has 0 aliphatic heterocycles. The molecule has 0 amide bonds. The maximum atomic E-state index is 5.72. The van der Waals surface area contributed by atoms with Crippen LogP contribution >= 0.6 is 0 Å². The molecular formula is C18H34N2O. The Balaban J connectivity index is 1.86. The molecule has 1 heterocycles. The van der Waals surface area contributed by atoms with Crippen molar-refractivity contribution in [1.82, 2.24) is 9.78 Å². The van der Waals surface area contributed by atoms with Crippen LogP contribution in [-0.2, 0) is 6.54 Å². The molecule has 0 aliphatic carbocycles. The molecule has 0 spiro atoms. The lowest BCUT2D eigenvalue weighted by Crippen LogP contribution is -1.97. The molecule has 0 saturated carbocycles. The Morgan fingerprint density at radius 3 is 2.10 bits per heavy atom. The highest BCUT2D eigenvalue weighted by molar-refractivity contribution is 5.11. The second-order valence-electron chi connectivity index (χ2n) is 5.97. The summed E-state index contributed by atoms with van der Waals surface area (Å²) in [4.78, 5) is 0. The fourth-order valence-corrected chi connectivity index (χ4v) is 2.55. The molecule has 0 N–H and O–H groups in total. The van der Waals surface area contributed by atoms with Crippen molar-refractivity contribution in [3.05, 3.63) is 12.4 Å². The third-order valence-corrected chi connectivity index (χ3v) is 3.83. The predicted octanol–water partition coefficient (Wildman–Crippen LogP) is 5.59. The van der Waals surface area contributed by atoms with Gasteiger partial charge in [0.25, 0.3) is 0 Å². The van der Waals surface area contributed by atoms with Gasteiger partial charge in [-0.25, -0.2) is 0 Å². The fraction of sp³-hybridized carbons (Fsp3) is 0.833. The first-order valence-corrected chi connectivity index (χ1v) is 9.02. The van der Waals surface area contributed by atoms with Crippen LogP contribution in [0.3, 0.4) is 0 Å². The van der Waals surface area contributed by atoms with E-state index in [0.717, 1.165) is 31.7 Å². The maximum Gasteiger partial charge on any atom is 0.157 e. The number of unbranched alkanes of at least 4 members (excludes halogenated alkanes) is 9. The molecule has 3 heteroatoms. The van der Waals surface area contributed by atoms with Crippen molar-refractivity contribution < 1.29 is 4.74 Å². The lowest BCUT2D eigenvalue weighted by molar-refractivity contribution is 0.304. The highest BCUT2D eigenvalue weighted by Gasteiger charge is 1.98. The minimum absolute atomic E-state index is 0.828. The standard InChI is InChI=1S/C18H34N2O/c1-3-5-6-7-8-9-10-11-12-13-15-21-18-16-19-20(17-18)14-4-2/h16-17H,3-15H2,1-2H3. The molecule has 3 nitrogen and oxygen atoms in total. The molecule has 1 aromatic heterocycles. The van der Waals surface area contributed by atoms with Gasteiger partial charge in [-0.1, -0.05) is 71.6 Å². The largest absolute Gasteiger partial charge is 0.490 e. The SMILES string of the molecule is CCCCCCCCCCCCOc1cnn(CCC)c1. The van der Waals surface area contributed by atoms with Crippen LogP contribution in [0.1, 0.15) is 84.5 Å². The Labute approximate surface area is 131 Å². The van der Waals surface area contributed by atoms with E-state index in [9.17, 15) is 0 Å². The number of nitrogens with zero attached hydrogens (tertiary/aromatic N) is 2. The molecule has 0 aliphatic rings. The van der Waals surface area contributed by atoms with E-state index in [4.69, 9.17) is 4.74 Å². The zero-order valence-corrected chi connectivity index (χ0v) is 14.1. The first-order chi connectivity index (χ1) is 10.4. The highest BCUT2D eigenvalue weighted by Crippen LogP contribution is 2.12. The summed E-state index contributed by atoms with van der Waals surface area (Å²) in [5.41, 5.74) is 0. The molecule has 1 aromatic rings. The van der Waals surface area contributed by atoms with Crippen LogP contribution in [0.5, 0.6) is 5.75 Å². The number of aromatic nitrogens is 2. The molecule has 122 valence electrons. The first-order valence-electron chi connectivity index (χ1n) is 9.02. The monoisotopic (exact) mass is 294 g/mol. The van der Waals surface area contributed by atoms with Gasteiger partial charge in [-0.3, -0.25) is 4.68 Å². The maximum absolute atomic E-state index is 5.72. The van der Waals surface area contributed by atoms with Crippen molar-refractivity contribution in [2.24, 2.45) is 0 Å². The smallest absolute Gasteiger partial charge is 0.157 e. The molecule has 0 bridgehead atoms. The number of ether oxygens (including phenoxy) is 1. The van der Waals surface area contributed by atoms with Crippen molar-refractivity contribution in [3.8, 4) is 5.75 Å². The van der Waals surface area contributed by atoms with Gasteiger partial charge in [-0.2, -0.15) is 5.10 Å². The van der Waals surface area contributed by atoms with Crippen LogP contribution in [0.25, 0.3) is 0 Å². The summed E-state index contributed by atoms with van der Waals surface area (Å²) in [6, 6.07) is 0. The van der Waals surface area contributed by atoms with Crippen molar-refractivity contribution in [3.63, 3.8) is 0 Å². The van der Waals surface area contributed by atoms with E-state index < -0.39 is 0 Å². The zero-order chi connectivity index (χ0) is 15.2. The number of rotatable bonds is 14. The molecule has 0 fully saturated rings. The minimum Gasteiger partial charge on any atom is -0.490 e. The zero-order valence-electron chi connectivity index (χ0n) is 14.1. The van der Waals surface area contributed by atoms with E-state index in [1.54, 1.807) is 0 Å². The van der Waals surface area contributed by atoms with Gasteiger partial charge >= 0.3 is 0 Å². The summed E-state index contributed by atoms with van der Waals surface area (Å²) in [5, 5.41) is 4.27. The Kier molecular flexibility index (Phi) is 10.9. The third-order valence-electron chi connectivity index (χ3n) is 3.83. The van der Waals surface area contributed by atoms with Gasteiger partial charge in [-0.15, -0.1) is 0 Å². The van der Waals surface area contributed by atoms with Crippen molar-refractivity contribution in [1.29, 1.82) is 0 Å². The van der Waals surface area contributed by atoms with E-state index >= 15 is 0 Å². The van der Waals surface area contributed by atoms with Gasteiger partial charge < -0.3 is 4.74 Å². The van der Waals surface area contributed by atoms with Crippen molar-refractivity contribution in [2.45, 2.75) is 91.0 Å². The summed E-state index contributed by atoms with van der Waals surface area (Å²) in [5.74, 6) is 0.916. The van der Waals surface area contributed by atoms with E-state index in [-0.39, 0.29) is 0 Å². The normalized spacial score (nSPS) is 11.0. The summed E-state index contributed by atoms with van der Waals surface area (Å²) < 4.78 is 7.67. The van der Waals surface area contributed by atoms with Crippen LogP contribution in [0, 0.1) is 0 Å². The molecule has 0 radical (unpaired) electrons. The van der Waals surface area contributed by atoms with Gasteiger partial charge in [0.05, 0.1) is 19.0 Å². The number of hydrogen-bond donors (Lipinski definition) is 0. The molecule has 0 saturated heterocycles. The first kappa shape index (κ1) is 18.1. The predicted molar refractivity (Wildman–Crippen MR) is 89.9 cm³/mol. The lowest BCUT2D eigenvalue weighted by Gasteiger charge is -2.04. The van der Waals surface area contributed by atoms with Crippen molar-refractivity contribution in [2.75, 3.05) is 6.61 Å². The van der Waals surface area contributed by atoms with Crippen molar-refractivity contribution >= 4 is 0 Å². The Bertz CT molecular complexity index is 336. The van der Waals surface area contributed by atoms with Gasteiger partial charge in [0.15, 0.2) is 5.75 Å². The summed E-state index contributed by atoms with van der Waals surface area (Å²) in [6.45, 7) is 6.23. The highest BCUT2D eigenvalue weighted by atomic mass is 16.5. The number of aryl methyl sites for hydroxylation is 1. The number of hydrogen-bond acceptors (Lipinski definition) is 2. The lowest BCUT2D eigenvalue weighted by atomic mass is 10.1. The Hall–Kier alpha value is -0.990. The minimum atomic E-state index is 0.828. The molecule has 0 aromatic carbocycles. The fourth-order valence-electron chi connectivity index (χ4n) is 2.55. The second kappa shape index (κ2) is 12.7. The van der Waals surface area contributed by atoms with Gasteiger partial charge in [-0.05, 0) is 12.8 Å². The van der Waals surface area contributed by atoms with Gasteiger partial charge in [0.2, 0.25) is 0 Å². The van der Waals surface area contributed by atoms with E-state index in [2.05, 4.69) is 18.9 Å². The van der Waals surface area contributed by atoms with E-state index in [0.29, 0.717) is 0 Å². The van der Waals surface area contributed by atoms with Crippen LogP contribution in [-0.4, -0.2) is 16.4 Å². The van der Waals surface area contributed by atoms with E-state index in [1.807, 2.05) is 17.1 Å². The van der Waals surface area contributed by atoms with Crippen LogP contribution in [0.4, 0.5) is 0 Å². The quantitative estimate of drug-likeness (QED) is 0.418. The topological polar surface area (TPSA) is 27.1 Å². The Morgan fingerprint density at radius 1 is 0.857 bits per heavy atom. The molecule has 1 rings (SSSR count). The van der Waals surface area contributed by atoms with Gasteiger partial charge in [0.1, 0.15) is 0 Å². The Morgan fingerprint density at radius 2 is 1.48 bits per heavy atom. The van der Waals surface area contributed by atoms with Gasteiger partial charge in [0, 0.05) is 6.54 Å². The summed E-state index contributed by atoms with van der Waals surface area (Å²) in [6.07, 6.45) is 18.6. The molecule has 0 unspecified atom stereocenters. The second-order valence-corrected chi connectivity index (χ2v) is 5.97. The van der Waals surface area contributed by atoms with E-state index in [1.165, 1.54) is 57.8 Å². The molecular weight excluding hydrogens is 260 g/mol. The average Bonchev–Trinajstić information content (AvgIpc) is 2.93. The summed E-state index contributed by atoms with van der Waals surface area (Å²) in [7, 11) is 0. The molecule has 21 heavy (non-hydrogen) atoms. The summed E-state index contributed by atoms with van der Waals surface area (Å²) >= 11 is 0. The third kappa shape index (κ3) is 9.54.